The van der Waals surface area contributed by atoms with Gasteiger partial charge in [0.15, 0.2) is 18.7 Å². The largest absolute Gasteiger partial charge is 0.479 e. The predicted molar refractivity (Wildman–Crippen MR) is 226 cm³/mol. The monoisotopic (exact) mass is 942 g/mol. The zero-order valence-electron chi connectivity index (χ0n) is 39.0. The molecule has 0 aromatic rings. The van der Waals surface area contributed by atoms with E-state index in [-0.39, 0.29) is 23.2 Å². The Morgan fingerprint density at radius 1 is 0.712 bits per heavy atom. The lowest BCUT2D eigenvalue weighted by Gasteiger charge is -2.72. The van der Waals surface area contributed by atoms with Crippen molar-refractivity contribution in [1.29, 1.82) is 0 Å². The first kappa shape index (κ1) is 50.5. The lowest BCUT2D eigenvalue weighted by molar-refractivity contribution is -0.367. The molecule has 0 amide bonds. The van der Waals surface area contributed by atoms with Crippen molar-refractivity contribution in [3.8, 4) is 0 Å². The van der Waals surface area contributed by atoms with Crippen LogP contribution in [-0.2, 0) is 38.0 Å². The van der Waals surface area contributed by atoms with Gasteiger partial charge in [0.25, 0.3) is 0 Å². The summed E-state index contributed by atoms with van der Waals surface area (Å²) in [7, 11) is 0. The molecule has 7 fully saturated rings. The summed E-state index contributed by atoms with van der Waals surface area (Å²) in [5.41, 5.74) is -2.16. The number of allylic oxidation sites excluding steroid dienone is 2. The van der Waals surface area contributed by atoms with Gasteiger partial charge in [-0.2, -0.15) is 0 Å². The Hall–Kier alpha value is -1.92. The fraction of sp³-hybridized carbons (Fsp3) is 0.915. The Morgan fingerprint density at radius 2 is 1.38 bits per heavy atom. The second-order valence-electron chi connectivity index (χ2n) is 23.2. The van der Waals surface area contributed by atoms with E-state index in [9.17, 15) is 65.8 Å². The first-order valence-electron chi connectivity index (χ1n) is 23.8. The van der Waals surface area contributed by atoms with Gasteiger partial charge in [0, 0.05) is 0 Å². The van der Waals surface area contributed by atoms with E-state index in [0.29, 0.717) is 51.4 Å². The normalized spacial score (nSPS) is 53.2. The third-order valence-electron chi connectivity index (χ3n) is 18.8. The van der Waals surface area contributed by atoms with Crippen LogP contribution in [0.3, 0.4) is 0 Å². The Bertz CT molecular complexity index is 1860. The Morgan fingerprint density at radius 3 is 2.05 bits per heavy atom. The smallest absolute Gasteiger partial charge is 0.335 e. The van der Waals surface area contributed by atoms with Crippen LogP contribution in [0.4, 0.5) is 0 Å². The Balaban J connectivity index is 1.07. The maximum absolute atomic E-state index is 14.7. The molecule has 23 atom stereocenters. The molecule has 4 saturated carbocycles. The summed E-state index contributed by atoms with van der Waals surface area (Å²) in [5.74, 6) is -2.66. The Labute approximate surface area is 385 Å². The zero-order chi connectivity index (χ0) is 48.4. The quantitative estimate of drug-likeness (QED) is 0.0856. The standard InChI is InChI=1S/C47H74O19/c1-42(2)12-14-47(41(60)66-39-33(57)29(53)28(52)24(18-48)62-39)15-13-45(6)20(21(47)16-42)8-9-25-44(5)11-10-26(43(3,4)36(44)22(49)17-46(25,45)7)63-40-35(31(55)30(54)34(64-40)37(58)59)65-38-32(56)27(51)23(50)19-61-38/h8,21-36,38-40,48-57H,9-19H2,1-7H3,(H,58,59)/t21-,22+,23+,24+,25+,26-,27-,28+,29-,30-,31-,32+,33+,34-,35+,36-,38-,39-,40+,44+,45+,46+,47-/m0/s1. The van der Waals surface area contributed by atoms with Gasteiger partial charge in [0.05, 0.1) is 30.8 Å². The number of rotatable bonds is 8. The molecule has 11 N–H and O–H groups in total. The minimum Gasteiger partial charge on any atom is -0.479 e. The summed E-state index contributed by atoms with van der Waals surface area (Å²) < 4.78 is 35.4. The molecular formula is C47H74O19. The van der Waals surface area contributed by atoms with Gasteiger partial charge < -0.3 is 84.6 Å². The van der Waals surface area contributed by atoms with E-state index in [1.165, 1.54) is 0 Å². The van der Waals surface area contributed by atoms with Crippen LogP contribution in [0.2, 0.25) is 0 Å². The van der Waals surface area contributed by atoms with Crippen molar-refractivity contribution in [3.05, 3.63) is 11.6 Å². The maximum atomic E-state index is 14.7. The number of hydrogen-bond acceptors (Lipinski definition) is 18. The molecule has 0 aromatic heterocycles. The van der Waals surface area contributed by atoms with Crippen molar-refractivity contribution < 1.29 is 94.2 Å². The lowest BCUT2D eigenvalue weighted by Crippen LogP contribution is -2.69. The molecule has 19 heteroatoms. The van der Waals surface area contributed by atoms with Gasteiger partial charge >= 0.3 is 11.9 Å². The van der Waals surface area contributed by atoms with Gasteiger partial charge in [-0.3, -0.25) is 4.79 Å². The van der Waals surface area contributed by atoms with E-state index in [0.717, 1.165) is 12.0 Å². The average Bonchev–Trinajstić information content (AvgIpc) is 3.24. The van der Waals surface area contributed by atoms with Gasteiger partial charge in [-0.1, -0.05) is 60.1 Å². The van der Waals surface area contributed by atoms with Crippen molar-refractivity contribution in [1.82, 2.24) is 0 Å². The molecule has 8 rings (SSSR count). The average molecular weight is 943 g/mol. The number of hydrogen-bond donors (Lipinski definition) is 11. The van der Waals surface area contributed by atoms with Crippen LogP contribution in [0.1, 0.15) is 106 Å². The molecule has 3 saturated heterocycles. The van der Waals surface area contributed by atoms with E-state index >= 15 is 0 Å². The topological polar surface area (TPSA) is 312 Å². The van der Waals surface area contributed by atoms with Crippen LogP contribution in [0.15, 0.2) is 11.6 Å². The van der Waals surface area contributed by atoms with Crippen LogP contribution in [0.25, 0.3) is 0 Å². The molecule has 8 aliphatic rings. The molecule has 66 heavy (non-hydrogen) atoms. The van der Waals surface area contributed by atoms with Crippen LogP contribution < -0.4 is 0 Å². The fourth-order valence-corrected chi connectivity index (χ4v) is 14.9. The zero-order valence-corrected chi connectivity index (χ0v) is 39.0. The highest BCUT2D eigenvalue weighted by Crippen LogP contribution is 2.76. The van der Waals surface area contributed by atoms with Crippen LogP contribution in [0, 0.1) is 50.2 Å². The van der Waals surface area contributed by atoms with Gasteiger partial charge in [0.2, 0.25) is 6.29 Å². The second-order valence-corrected chi connectivity index (χ2v) is 23.2. The number of carboxylic acid groups (broad SMARTS) is 1. The minimum atomic E-state index is -1.97. The van der Waals surface area contributed by atoms with Gasteiger partial charge in [0.1, 0.15) is 61.0 Å². The Kier molecular flexibility index (Phi) is 13.3. The SMILES string of the molecule is CC1(C)CC[C@]2(C(=O)O[C@@H]3O[C@H](CO)[C@@H](O)[C@H](O)[C@H]3O)CC[C@]3(C)C(=CC[C@@H]4[C@@]5(C)CC[C@H](O[C@@H]6O[C@H](C(=O)O)[C@@H](O)[C@H](O)[C@H]6O[C@@H]6OC[C@@H](O)[C@H](O)[C@H]6O)C(C)(C)[C@@H]5[C@H](O)C[C@]43C)[C@@H]2C1. The molecule has 0 bridgehead atoms. The number of aliphatic hydroxyl groups is 10. The van der Waals surface area contributed by atoms with E-state index in [1.807, 2.05) is 13.8 Å². The molecule has 3 heterocycles. The number of fused-ring (bicyclic) bond motifs is 7. The number of carbonyl (C=O) groups excluding carboxylic acids is 1. The van der Waals surface area contributed by atoms with Gasteiger partial charge in [-0.25, -0.2) is 4.79 Å². The van der Waals surface area contributed by atoms with E-state index in [1.54, 1.807) is 0 Å². The maximum Gasteiger partial charge on any atom is 0.335 e. The van der Waals surface area contributed by atoms with Gasteiger partial charge in [-0.15, -0.1) is 0 Å². The van der Waals surface area contributed by atoms with Crippen LogP contribution in [0.5, 0.6) is 0 Å². The summed E-state index contributed by atoms with van der Waals surface area (Å²) in [6.07, 6.45) is -17.4. The molecule has 376 valence electrons. The van der Waals surface area contributed by atoms with Crippen molar-refractivity contribution in [2.24, 2.45) is 50.2 Å². The van der Waals surface area contributed by atoms with E-state index in [4.69, 9.17) is 28.4 Å². The molecule has 0 spiro atoms. The highest BCUT2D eigenvalue weighted by atomic mass is 16.8. The second kappa shape index (κ2) is 17.4. The van der Waals surface area contributed by atoms with Crippen LogP contribution >= 0.6 is 0 Å². The number of esters is 1. The highest BCUT2D eigenvalue weighted by Gasteiger charge is 2.72. The molecule has 3 aliphatic heterocycles. The minimum absolute atomic E-state index is 0.0552. The van der Waals surface area contributed by atoms with Crippen molar-refractivity contribution in [2.45, 2.75) is 204 Å². The fourth-order valence-electron chi connectivity index (χ4n) is 14.9. The lowest BCUT2D eigenvalue weighted by atomic mass is 9.33. The van der Waals surface area contributed by atoms with Crippen LogP contribution in [-0.4, -0.2) is 180 Å². The number of carbonyl (C=O) groups is 2. The predicted octanol–water partition coefficient (Wildman–Crippen LogP) is -0.157. The summed E-state index contributed by atoms with van der Waals surface area (Å²) in [4.78, 5) is 26.9. The van der Waals surface area contributed by atoms with E-state index < -0.39 is 150 Å². The number of aliphatic hydroxyl groups excluding tert-OH is 10. The van der Waals surface area contributed by atoms with E-state index in [2.05, 4.69) is 40.7 Å². The highest BCUT2D eigenvalue weighted by molar-refractivity contribution is 5.79. The van der Waals surface area contributed by atoms with Crippen molar-refractivity contribution in [3.63, 3.8) is 0 Å². The molecule has 0 aromatic carbocycles. The summed E-state index contributed by atoms with van der Waals surface area (Å²) in [5, 5.41) is 117. The summed E-state index contributed by atoms with van der Waals surface area (Å²) in [6, 6.07) is 0. The molecule has 0 unspecified atom stereocenters. The van der Waals surface area contributed by atoms with Crippen molar-refractivity contribution in [2.75, 3.05) is 13.2 Å². The third kappa shape index (κ3) is 7.73. The number of carboxylic acids is 1. The number of aliphatic carboxylic acids is 1. The first-order chi connectivity index (χ1) is 30.7. The first-order valence-corrected chi connectivity index (χ1v) is 23.8. The molecule has 0 radical (unpaired) electrons. The molecule has 5 aliphatic carbocycles. The molecular weight excluding hydrogens is 868 g/mol. The number of ether oxygens (including phenoxy) is 6. The van der Waals surface area contributed by atoms with Gasteiger partial charge in [-0.05, 0) is 103 Å². The summed E-state index contributed by atoms with van der Waals surface area (Å²) in [6.45, 7) is 14.0. The third-order valence-corrected chi connectivity index (χ3v) is 18.8. The summed E-state index contributed by atoms with van der Waals surface area (Å²) >= 11 is 0. The molecule has 19 nitrogen and oxygen atoms in total. The van der Waals surface area contributed by atoms with Crippen molar-refractivity contribution >= 4 is 11.9 Å².